The first kappa shape index (κ1) is 12.7. The van der Waals surface area contributed by atoms with Crippen LogP contribution < -0.4 is 0 Å². The Morgan fingerprint density at radius 2 is 1.80 bits per heavy atom. The maximum absolute atomic E-state index is 12.9. The molecule has 0 saturated carbocycles. The number of hydrogen-bond acceptors (Lipinski definition) is 3. The standard InChI is InChI=1S/C14H10ClFN4/c1-20-7-6-12(19-20)11-8-13(17-18-14(11)15)9-2-4-10(16)5-3-9/h2-8H,1H3. The van der Waals surface area contributed by atoms with Gasteiger partial charge in [0.25, 0.3) is 0 Å². The lowest BCUT2D eigenvalue weighted by atomic mass is 10.1. The average molecular weight is 289 g/mol. The van der Waals surface area contributed by atoms with Crippen molar-refractivity contribution in [1.29, 1.82) is 0 Å². The van der Waals surface area contributed by atoms with E-state index in [1.54, 1.807) is 22.9 Å². The number of halogens is 2. The Morgan fingerprint density at radius 1 is 1.05 bits per heavy atom. The van der Waals surface area contributed by atoms with Gasteiger partial charge in [-0.25, -0.2) is 4.39 Å². The first-order valence-electron chi connectivity index (χ1n) is 5.92. The van der Waals surface area contributed by atoms with Crippen LogP contribution in [0.3, 0.4) is 0 Å². The van der Waals surface area contributed by atoms with Crippen molar-refractivity contribution in [2.75, 3.05) is 0 Å². The Labute approximate surface area is 119 Å². The van der Waals surface area contributed by atoms with E-state index in [4.69, 9.17) is 11.6 Å². The largest absolute Gasteiger partial charge is 0.275 e. The van der Waals surface area contributed by atoms with E-state index in [0.717, 1.165) is 11.3 Å². The van der Waals surface area contributed by atoms with Gasteiger partial charge in [0.05, 0.1) is 11.4 Å². The van der Waals surface area contributed by atoms with Crippen molar-refractivity contribution >= 4 is 11.6 Å². The monoisotopic (exact) mass is 288 g/mol. The van der Waals surface area contributed by atoms with Crippen molar-refractivity contribution in [1.82, 2.24) is 20.0 Å². The van der Waals surface area contributed by atoms with Gasteiger partial charge < -0.3 is 0 Å². The maximum atomic E-state index is 12.9. The molecule has 0 saturated heterocycles. The topological polar surface area (TPSA) is 43.6 Å². The van der Waals surface area contributed by atoms with Crippen LogP contribution >= 0.6 is 11.6 Å². The Bertz CT molecular complexity index is 752. The summed E-state index contributed by atoms with van der Waals surface area (Å²) < 4.78 is 14.6. The lowest BCUT2D eigenvalue weighted by molar-refractivity contribution is 0.628. The zero-order valence-corrected chi connectivity index (χ0v) is 11.3. The van der Waals surface area contributed by atoms with Gasteiger partial charge in [-0.1, -0.05) is 11.6 Å². The molecule has 0 fully saturated rings. The molecule has 0 spiro atoms. The molecular formula is C14H10ClFN4. The first-order valence-corrected chi connectivity index (χ1v) is 6.30. The van der Waals surface area contributed by atoms with Gasteiger partial charge in [-0.15, -0.1) is 10.2 Å². The van der Waals surface area contributed by atoms with Crippen LogP contribution in [0.1, 0.15) is 0 Å². The highest BCUT2D eigenvalue weighted by Crippen LogP contribution is 2.28. The quantitative estimate of drug-likeness (QED) is 0.726. The number of aromatic nitrogens is 4. The molecule has 4 nitrogen and oxygen atoms in total. The summed E-state index contributed by atoms with van der Waals surface area (Å²) >= 11 is 6.07. The molecule has 0 aliphatic carbocycles. The molecule has 0 unspecified atom stereocenters. The van der Waals surface area contributed by atoms with E-state index in [0.29, 0.717) is 11.3 Å². The number of rotatable bonds is 2. The Morgan fingerprint density at radius 3 is 2.45 bits per heavy atom. The van der Waals surface area contributed by atoms with Gasteiger partial charge in [-0.2, -0.15) is 5.10 Å². The molecule has 0 N–H and O–H groups in total. The van der Waals surface area contributed by atoms with Crippen molar-refractivity contribution in [3.63, 3.8) is 0 Å². The summed E-state index contributed by atoms with van der Waals surface area (Å²) in [5, 5.41) is 12.5. The summed E-state index contributed by atoms with van der Waals surface area (Å²) in [5.74, 6) is -0.291. The zero-order chi connectivity index (χ0) is 14.1. The zero-order valence-electron chi connectivity index (χ0n) is 10.6. The molecule has 20 heavy (non-hydrogen) atoms. The molecule has 0 amide bonds. The molecule has 0 aliphatic rings. The summed E-state index contributed by atoms with van der Waals surface area (Å²) in [5.41, 5.74) is 2.81. The van der Waals surface area contributed by atoms with E-state index in [2.05, 4.69) is 15.3 Å². The van der Waals surface area contributed by atoms with Gasteiger partial charge in [0.1, 0.15) is 5.82 Å². The number of benzene rings is 1. The predicted octanol–water partition coefficient (Wildman–Crippen LogP) is 3.34. The predicted molar refractivity (Wildman–Crippen MR) is 74.6 cm³/mol. The van der Waals surface area contributed by atoms with Crippen LogP contribution in [0.25, 0.3) is 22.5 Å². The van der Waals surface area contributed by atoms with Gasteiger partial charge >= 0.3 is 0 Å². The molecule has 100 valence electrons. The smallest absolute Gasteiger partial charge is 0.161 e. The van der Waals surface area contributed by atoms with E-state index in [1.165, 1.54) is 12.1 Å². The van der Waals surface area contributed by atoms with Crippen LogP contribution in [0.4, 0.5) is 4.39 Å². The van der Waals surface area contributed by atoms with Crippen molar-refractivity contribution in [2.45, 2.75) is 0 Å². The number of hydrogen-bond donors (Lipinski definition) is 0. The van der Waals surface area contributed by atoms with E-state index in [1.807, 2.05) is 19.3 Å². The van der Waals surface area contributed by atoms with Crippen LogP contribution in [0.5, 0.6) is 0 Å². The van der Waals surface area contributed by atoms with Gasteiger partial charge in [0.2, 0.25) is 0 Å². The molecule has 0 aliphatic heterocycles. The summed E-state index contributed by atoms with van der Waals surface area (Å²) in [6, 6.07) is 9.70. The summed E-state index contributed by atoms with van der Waals surface area (Å²) in [6.07, 6.45) is 1.82. The molecule has 0 bridgehead atoms. The third kappa shape index (κ3) is 2.40. The number of aryl methyl sites for hydroxylation is 1. The molecule has 3 rings (SSSR count). The fraction of sp³-hybridized carbons (Fsp3) is 0.0714. The van der Waals surface area contributed by atoms with Crippen LogP contribution in [-0.2, 0) is 7.05 Å². The lowest BCUT2D eigenvalue weighted by Gasteiger charge is -2.04. The van der Waals surface area contributed by atoms with Crippen molar-refractivity contribution in [2.24, 2.45) is 7.05 Å². The van der Waals surface area contributed by atoms with Crippen LogP contribution in [-0.4, -0.2) is 20.0 Å². The van der Waals surface area contributed by atoms with E-state index in [9.17, 15) is 4.39 Å². The van der Waals surface area contributed by atoms with E-state index < -0.39 is 0 Å². The minimum atomic E-state index is -0.291. The average Bonchev–Trinajstić information content (AvgIpc) is 2.87. The molecule has 0 radical (unpaired) electrons. The van der Waals surface area contributed by atoms with Crippen LogP contribution in [0.2, 0.25) is 5.15 Å². The first-order chi connectivity index (χ1) is 9.63. The van der Waals surface area contributed by atoms with Crippen LogP contribution in [0, 0.1) is 5.82 Å². The van der Waals surface area contributed by atoms with Crippen molar-refractivity contribution in [3.8, 4) is 22.5 Å². The summed E-state index contributed by atoms with van der Waals surface area (Å²) in [6.45, 7) is 0. The molecular weight excluding hydrogens is 279 g/mol. The molecule has 2 aromatic heterocycles. The normalized spacial score (nSPS) is 10.8. The lowest BCUT2D eigenvalue weighted by Crippen LogP contribution is -1.93. The fourth-order valence-corrected chi connectivity index (χ4v) is 2.07. The fourth-order valence-electron chi connectivity index (χ4n) is 1.88. The Hall–Kier alpha value is -2.27. The molecule has 3 aromatic rings. The van der Waals surface area contributed by atoms with Crippen molar-refractivity contribution in [3.05, 3.63) is 53.6 Å². The SMILES string of the molecule is Cn1ccc(-c2cc(-c3ccc(F)cc3)nnc2Cl)n1. The van der Waals surface area contributed by atoms with Gasteiger partial charge in [0, 0.05) is 24.4 Å². The summed E-state index contributed by atoms with van der Waals surface area (Å²) in [4.78, 5) is 0. The second-order valence-corrected chi connectivity index (χ2v) is 4.67. The van der Waals surface area contributed by atoms with E-state index >= 15 is 0 Å². The minimum Gasteiger partial charge on any atom is -0.275 e. The highest BCUT2D eigenvalue weighted by molar-refractivity contribution is 6.32. The highest BCUT2D eigenvalue weighted by atomic mass is 35.5. The van der Waals surface area contributed by atoms with Gasteiger partial charge in [0.15, 0.2) is 5.15 Å². The Balaban J connectivity index is 2.08. The molecule has 2 heterocycles. The van der Waals surface area contributed by atoms with Gasteiger partial charge in [-0.3, -0.25) is 4.68 Å². The Kier molecular flexibility index (Phi) is 3.20. The third-order valence-corrected chi connectivity index (χ3v) is 3.16. The number of nitrogens with zero attached hydrogens (tertiary/aromatic N) is 4. The van der Waals surface area contributed by atoms with Crippen molar-refractivity contribution < 1.29 is 4.39 Å². The highest BCUT2D eigenvalue weighted by Gasteiger charge is 2.11. The molecule has 6 heteroatoms. The van der Waals surface area contributed by atoms with E-state index in [-0.39, 0.29) is 11.0 Å². The second-order valence-electron chi connectivity index (χ2n) is 4.32. The minimum absolute atomic E-state index is 0.287. The van der Waals surface area contributed by atoms with Crippen LogP contribution in [0.15, 0.2) is 42.6 Å². The van der Waals surface area contributed by atoms with Gasteiger partial charge in [-0.05, 0) is 36.4 Å². The maximum Gasteiger partial charge on any atom is 0.161 e. The molecule has 0 atom stereocenters. The second kappa shape index (κ2) is 5.02. The third-order valence-electron chi connectivity index (χ3n) is 2.88. The summed E-state index contributed by atoms with van der Waals surface area (Å²) in [7, 11) is 1.83. The molecule has 1 aromatic carbocycles.